The normalized spacial score (nSPS) is 19.7. The van der Waals surface area contributed by atoms with Crippen LogP contribution in [0, 0.1) is 5.41 Å². The summed E-state index contributed by atoms with van der Waals surface area (Å²) in [6, 6.07) is 13.8. The molecule has 5 nitrogen and oxygen atoms in total. The van der Waals surface area contributed by atoms with Crippen LogP contribution in [0.3, 0.4) is 0 Å². The number of nitrogens with one attached hydrogen (secondary N) is 2. The average Bonchev–Trinajstić information content (AvgIpc) is 2.87. The second-order valence-electron chi connectivity index (χ2n) is 8.84. The molecule has 1 heterocycles. The van der Waals surface area contributed by atoms with Gasteiger partial charge >= 0.3 is 0 Å². The smallest absolute Gasteiger partial charge is 0.163 e. The van der Waals surface area contributed by atoms with E-state index in [0.29, 0.717) is 18.8 Å². The summed E-state index contributed by atoms with van der Waals surface area (Å²) < 4.78 is 11.4. The molecule has 4 rings (SSSR count). The first-order chi connectivity index (χ1) is 14.4. The van der Waals surface area contributed by atoms with Crippen molar-refractivity contribution in [3.63, 3.8) is 0 Å². The minimum absolute atomic E-state index is 0.0672. The summed E-state index contributed by atoms with van der Waals surface area (Å²) in [5.74, 6) is 1.59. The topological polar surface area (TPSA) is 59.6 Å². The zero-order chi connectivity index (χ0) is 21.3. The van der Waals surface area contributed by atoms with E-state index in [1.54, 1.807) is 7.11 Å². The van der Waals surface area contributed by atoms with Crippen molar-refractivity contribution in [3.8, 4) is 11.5 Å². The molecule has 0 saturated heterocycles. The van der Waals surface area contributed by atoms with E-state index in [2.05, 4.69) is 31.4 Å². The van der Waals surface area contributed by atoms with Gasteiger partial charge in [0.1, 0.15) is 0 Å². The number of Topliss-reactive ketones (excluding diaryl/α,β-unsaturated/α-hetero) is 1. The molecule has 1 atom stereocenters. The van der Waals surface area contributed by atoms with E-state index in [1.165, 1.54) is 0 Å². The molecule has 30 heavy (non-hydrogen) atoms. The van der Waals surface area contributed by atoms with Crippen LogP contribution in [0.4, 0.5) is 11.4 Å². The van der Waals surface area contributed by atoms with Gasteiger partial charge in [-0.3, -0.25) is 4.79 Å². The molecule has 158 valence electrons. The number of carbonyl (C=O) groups is 1. The molecule has 0 fully saturated rings. The second-order valence-corrected chi connectivity index (χ2v) is 8.84. The molecule has 2 N–H and O–H groups in total. The Morgan fingerprint density at radius 2 is 1.83 bits per heavy atom. The molecule has 0 spiro atoms. The van der Waals surface area contributed by atoms with Gasteiger partial charge in [0.2, 0.25) is 0 Å². The van der Waals surface area contributed by atoms with Crippen LogP contribution in [0.5, 0.6) is 11.5 Å². The lowest BCUT2D eigenvalue weighted by atomic mass is 9.73. The fourth-order valence-electron chi connectivity index (χ4n) is 4.33. The number of hydrogen-bond acceptors (Lipinski definition) is 5. The molecular weight excluding hydrogens is 376 g/mol. The monoisotopic (exact) mass is 406 g/mol. The third kappa shape index (κ3) is 3.89. The largest absolute Gasteiger partial charge is 0.493 e. The van der Waals surface area contributed by atoms with Gasteiger partial charge in [-0.25, -0.2) is 0 Å². The van der Waals surface area contributed by atoms with Crippen molar-refractivity contribution in [2.24, 2.45) is 5.41 Å². The highest BCUT2D eigenvalue weighted by atomic mass is 16.5. The van der Waals surface area contributed by atoms with Gasteiger partial charge in [-0.05, 0) is 48.1 Å². The SMILES string of the molecule is CCCOc1ccc(C2Nc3ccccc3NC3=C2C(=O)CC(C)(C)C3)cc1OC. The molecule has 0 saturated carbocycles. The van der Waals surface area contributed by atoms with Crippen LogP contribution >= 0.6 is 0 Å². The van der Waals surface area contributed by atoms with Crippen LogP contribution in [0.1, 0.15) is 51.6 Å². The third-order valence-electron chi connectivity index (χ3n) is 5.70. The van der Waals surface area contributed by atoms with E-state index in [1.807, 2.05) is 42.5 Å². The number of methoxy groups -OCH3 is 1. The van der Waals surface area contributed by atoms with Crippen molar-refractivity contribution < 1.29 is 14.3 Å². The van der Waals surface area contributed by atoms with E-state index < -0.39 is 0 Å². The zero-order valence-corrected chi connectivity index (χ0v) is 18.2. The van der Waals surface area contributed by atoms with Crippen LogP contribution in [0.15, 0.2) is 53.7 Å². The molecule has 0 amide bonds. The van der Waals surface area contributed by atoms with Gasteiger partial charge in [-0.2, -0.15) is 0 Å². The molecule has 2 aliphatic rings. The predicted octanol–water partition coefficient (Wildman–Crippen LogP) is 5.71. The number of rotatable bonds is 5. The standard InChI is InChI=1S/C25H30N2O3/c1-5-12-30-21-11-10-16(13-22(21)29-4)24-23-19(14-25(2,3)15-20(23)28)26-17-8-6-7-9-18(17)27-24/h6-11,13,24,26-27H,5,12,14-15H2,1-4H3. The summed E-state index contributed by atoms with van der Waals surface area (Å²) in [7, 11) is 1.65. The molecule has 1 aliphatic carbocycles. The van der Waals surface area contributed by atoms with Crippen LogP contribution in [0.25, 0.3) is 0 Å². The predicted molar refractivity (Wildman–Crippen MR) is 120 cm³/mol. The summed E-state index contributed by atoms with van der Waals surface area (Å²) in [5, 5.41) is 7.16. The Balaban J connectivity index is 1.81. The molecule has 0 aromatic heterocycles. The highest BCUT2D eigenvalue weighted by molar-refractivity contribution is 6.01. The van der Waals surface area contributed by atoms with Crippen LogP contribution in [0.2, 0.25) is 0 Å². The lowest BCUT2D eigenvalue weighted by Gasteiger charge is -2.34. The Morgan fingerprint density at radius 1 is 1.07 bits per heavy atom. The highest BCUT2D eigenvalue weighted by Crippen LogP contribution is 2.46. The summed E-state index contributed by atoms with van der Waals surface area (Å²) in [6.45, 7) is 7.01. The summed E-state index contributed by atoms with van der Waals surface area (Å²) in [6.07, 6.45) is 2.30. The highest BCUT2D eigenvalue weighted by Gasteiger charge is 2.38. The first-order valence-corrected chi connectivity index (χ1v) is 10.6. The summed E-state index contributed by atoms with van der Waals surface area (Å²) in [5.41, 5.74) is 4.71. The lowest BCUT2D eigenvalue weighted by molar-refractivity contribution is -0.118. The Kier molecular flexibility index (Phi) is 5.46. The van der Waals surface area contributed by atoms with Crippen molar-refractivity contribution in [1.82, 2.24) is 0 Å². The van der Waals surface area contributed by atoms with Crippen LogP contribution in [-0.4, -0.2) is 19.5 Å². The quantitative estimate of drug-likeness (QED) is 0.666. The molecule has 0 radical (unpaired) electrons. The number of fused-ring (bicyclic) bond motifs is 1. The van der Waals surface area contributed by atoms with Crippen molar-refractivity contribution >= 4 is 17.2 Å². The molecule has 1 unspecified atom stereocenters. The van der Waals surface area contributed by atoms with Gasteiger partial charge in [0.15, 0.2) is 17.3 Å². The van der Waals surface area contributed by atoms with Crippen LogP contribution in [-0.2, 0) is 4.79 Å². The number of para-hydroxylation sites is 2. The number of carbonyl (C=O) groups excluding carboxylic acids is 1. The molecular formula is C25H30N2O3. The van der Waals surface area contributed by atoms with E-state index in [-0.39, 0.29) is 17.2 Å². The maximum atomic E-state index is 13.3. The molecule has 1 aliphatic heterocycles. The fraction of sp³-hybridized carbons (Fsp3) is 0.400. The van der Waals surface area contributed by atoms with Crippen molar-refractivity contribution in [2.75, 3.05) is 24.4 Å². The number of anilines is 2. The molecule has 2 aromatic rings. The van der Waals surface area contributed by atoms with E-state index >= 15 is 0 Å². The minimum atomic E-state index is -0.256. The Bertz CT molecular complexity index is 994. The minimum Gasteiger partial charge on any atom is -0.493 e. The van der Waals surface area contributed by atoms with E-state index in [4.69, 9.17) is 9.47 Å². The third-order valence-corrected chi connectivity index (χ3v) is 5.70. The van der Waals surface area contributed by atoms with Crippen molar-refractivity contribution in [3.05, 3.63) is 59.3 Å². The fourth-order valence-corrected chi connectivity index (χ4v) is 4.33. The van der Waals surface area contributed by atoms with Crippen LogP contribution < -0.4 is 20.1 Å². The van der Waals surface area contributed by atoms with Gasteiger partial charge < -0.3 is 20.1 Å². The van der Waals surface area contributed by atoms with Gasteiger partial charge in [-0.1, -0.05) is 39.0 Å². The van der Waals surface area contributed by atoms with Crippen molar-refractivity contribution in [1.29, 1.82) is 0 Å². The molecule has 2 aromatic carbocycles. The van der Waals surface area contributed by atoms with E-state index in [0.717, 1.165) is 46.8 Å². The summed E-state index contributed by atoms with van der Waals surface area (Å²) >= 11 is 0. The zero-order valence-electron chi connectivity index (χ0n) is 18.2. The maximum Gasteiger partial charge on any atom is 0.163 e. The van der Waals surface area contributed by atoms with Gasteiger partial charge in [0, 0.05) is 17.7 Å². The second kappa shape index (κ2) is 8.05. The molecule has 0 bridgehead atoms. The average molecular weight is 407 g/mol. The van der Waals surface area contributed by atoms with Gasteiger partial charge in [0.25, 0.3) is 0 Å². The van der Waals surface area contributed by atoms with Gasteiger partial charge in [-0.15, -0.1) is 0 Å². The van der Waals surface area contributed by atoms with Gasteiger partial charge in [0.05, 0.1) is 31.1 Å². The lowest BCUT2D eigenvalue weighted by Crippen LogP contribution is -2.31. The number of benzene rings is 2. The Labute approximate surface area is 178 Å². The molecule has 5 heteroatoms. The number of ketones is 1. The van der Waals surface area contributed by atoms with Crippen molar-refractivity contribution in [2.45, 2.75) is 46.1 Å². The van der Waals surface area contributed by atoms with E-state index in [9.17, 15) is 4.79 Å². The summed E-state index contributed by atoms with van der Waals surface area (Å²) in [4.78, 5) is 13.3. The Hall–Kier alpha value is -2.95. The number of ether oxygens (including phenoxy) is 2. The maximum absolute atomic E-state index is 13.3. The first kappa shape index (κ1) is 20.3. The number of allylic oxidation sites excluding steroid dienone is 1. The number of hydrogen-bond donors (Lipinski definition) is 2. The first-order valence-electron chi connectivity index (χ1n) is 10.6. The Morgan fingerprint density at radius 3 is 2.57 bits per heavy atom.